The zero-order chi connectivity index (χ0) is 11.1. The quantitative estimate of drug-likeness (QED) is 0.616. The summed E-state index contributed by atoms with van der Waals surface area (Å²) >= 11 is 0. The molecule has 86 valence electrons. The van der Waals surface area contributed by atoms with E-state index in [2.05, 4.69) is 43.8 Å². The van der Waals surface area contributed by atoms with E-state index in [4.69, 9.17) is 0 Å². The Morgan fingerprint density at radius 1 is 1.20 bits per heavy atom. The SMILES string of the molecule is CCCCc1ccn(C(C)CCCC)c1. The lowest BCUT2D eigenvalue weighted by Crippen LogP contribution is -2.01. The number of rotatable bonds is 7. The van der Waals surface area contributed by atoms with Gasteiger partial charge >= 0.3 is 0 Å². The molecule has 1 atom stereocenters. The van der Waals surface area contributed by atoms with Crippen molar-refractivity contribution in [2.75, 3.05) is 0 Å². The van der Waals surface area contributed by atoms with Gasteiger partial charge in [-0.1, -0.05) is 33.1 Å². The smallest absolute Gasteiger partial charge is 0.0302 e. The van der Waals surface area contributed by atoms with E-state index >= 15 is 0 Å². The normalized spacial score (nSPS) is 13.0. The number of unbranched alkanes of at least 4 members (excludes halogenated alkanes) is 2. The van der Waals surface area contributed by atoms with Gasteiger partial charge in [0.1, 0.15) is 0 Å². The summed E-state index contributed by atoms with van der Waals surface area (Å²) in [7, 11) is 0. The van der Waals surface area contributed by atoms with Crippen molar-refractivity contribution in [1.82, 2.24) is 4.57 Å². The Bertz CT molecular complexity index is 262. The Balaban J connectivity index is 2.43. The van der Waals surface area contributed by atoms with Crippen LogP contribution in [0.3, 0.4) is 0 Å². The number of hydrogen-bond donors (Lipinski definition) is 0. The monoisotopic (exact) mass is 207 g/mol. The third-order valence-electron chi connectivity index (χ3n) is 3.08. The van der Waals surface area contributed by atoms with Crippen LogP contribution in [0.25, 0.3) is 0 Å². The molecule has 0 aromatic carbocycles. The summed E-state index contributed by atoms with van der Waals surface area (Å²) in [6, 6.07) is 2.94. The van der Waals surface area contributed by atoms with Crippen molar-refractivity contribution in [3.05, 3.63) is 24.0 Å². The fourth-order valence-corrected chi connectivity index (χ4v) is 1.91. The molecule has 0 bridgehead atoms. The van der Waals surface area contributed by atoms with Crippen molar-refractivity contribution in [2.24, 2.45) is 0 Å². The van der Waals surface area contributed by atoms with Crippen molar-refractivity contribution in [2.45, 2.75) is 65.3 Å². The molecular weight excluding hydrogens is 182 g/mol. The first-order chi connectivity index (χ1) is 7.27. The summed E-state index contributed by atoms with van der Waals surface area (Å²) in [5, 5.41) is 0. The summed E-state index contributed by atoms with van der Waals surface area (Å²) in [5.74, 6) is 0. The molecule has 1 heteroatoms. The molecule has 0 saturated heterocycles. The van der Waals surface area contributed by atoms with Gasteiger partial charge in [0, 0.05) is 18.4 Å². The Labute approximate surface area is 94.5 Å². The molecule has 0 aliphatic carbocycles. The molecule has 0 spiro atoms. The highest BCUT2D eigenvalue weighted by molar-refractivity contribution is 5.11. The van der Waals surface area contributed by atoms with Crippen molar-refractivity contribution in [3.63, 3.8) is 0 Å². The van der Waals surface area contributed by atoms with Crippen LogP contribution in [0.5, 0.6) is 0 Å². The number of nitrogens with zero attached hydrogens (tertiary/aromatic N) is 1. The number of hydrogen-bond acceptors (Lipinski definition) is 0. The molecule has 1 aromatic heterocycles. The van der Waals surface area contributed by atoms with E-state index in [9.17, 15) is 0 Å². The van der Waals surface area contributed by atoms with E-state index in [0.717, 1.165) is 0 Å². The molecule has 0 aliphatic rings. The lowest BCUT2D eigenvalue weighted by molar-refractivity contribution is 0.486. The lowest BCUT2D eigenvalue weighted by atomic mass is 10.1. The second-order valence-corrected chi connectivity index (χ2v) is 4.56. The lowest BCUT2D eigenvalue weighted by Gasteiger charge is -2.12. The predicted octanol–water partition coefficient (Wildman–Crippen LogP) is 4.58. The van der Waals surface area contributed by atoms with Gasteiger partial charge in [-0.2, -0.15) is 0 Å². The maximum atomic E-state index is 2.38. The van der Waals surface area contributed by atoms with Gasteiger partial charge in [-0.05, 0) is 37.8 Å². The van der Waals surface area contributed by atoms with E-state index < -0.39 is 0 Å². The van der Waals surface area contributed by atoms with E-state index in [1.807, 2.05) is 0 Å². The van der Waals surface area contributed by atoms with Crippen LogP contribution in [0.2, 0.25) is 0 Å². The predicted molar refractivity (Wildman–Crippen MR) is 67.3 cm³/mol. The van der Waals surface area contributed by atoms with Crippen LogP contribution in [0, 0.1) is 0 Å². The second-order valence-electron chi connectivity index (χ2n) is 4.56. The highest BCUT2D eigenvalue weighted by atomic mass is 15.0. The molecule has 0 fully saturated rings. The van der Waals surface area contributed by atoms with Crippen molar-refractivity contribution in [1.29, 1.82) is 0 Å². The van der Waals surface area contributed by atoms with Gasteiger partial charge in [-0.25, -0.2) is 0 Å². The molecule has 1 heterocycles. The van der Waals surface area contributed by atoms with E-state index in [0.29, 0.717) is 6.04 Å². The minimum Gasteiger partial charge on any atom is -0.351 e. The maximum absolute atomic E-state index is 2.38. The van der Waals surface area contributed by atoms with Crippen LogP contribution in [0.4, 0.5) is 0 Å². The summed E-state index contributed by atoms with van der Waals surface area (Å²) in [5.41, 5.74) is 1.50. The minimum absolute atomic E-state index is 0.667. The van der Waals surface area contributed by atoms with Gasteiger partial charge in [0.25, 0.3) is 0 Å². The summed E-state index contributed by atoms with van der Waals surface area (Å²) < 4.78 is 2.38. The van der Waals surface area contributed by atoms with E-state index in [1.54, 1.807) is 0 Å². The average molecular weight is 207 g/mol. The van der Waals surface area contributed by atoms with Gasteiger partial charge in [-0.3, -0.25) is 0 Å². The Morgan fingerprint density at radius 2 is 1.93 bits per heavy atom. The molecule has 1 aromatic rings. The van der Waals surface area contributed by atoms with Crippen molar-refractivity contribution >= 4 is 0 Å². The van der Waals surface area contributed by atoms with Crippen LogP contribution in [-0.4, -0.2) is 4.57 Å². The van der Waals surface area contributed by atoms with Crippen LogP contribution in [-0.2, 0) is 6.42 Å². The fourth-order valence-electron chi connectivity index (χ4n) is 1.91. The second kappa shape index (κ2) is 6.71. The molecule has 1 rings (SSSR count). The molecule has 0 amide bonds. The fraction of sp³-hybridized carbons (Fsp3) is 0.714. The molecular formula is C14H25N. The average Bonchev–Trinajstić information content (AvgIpc) is 2.71. The zero-order valence-corrected chi connectivity index (χ0v) is 10.5. The van der Waals surface area contributed by atoms with Crippen LogP contribution >= 0.6 is 0 Å². The summed E-state index contributed by atoms with van der Waals surface area (Å²) in [6.45, 7) is 6.83. The molecule has 0 N–H and O–H groups in total. The molecule has 1 nitrogen and oxygen atoms in total. The van der Waals surface area contributed by atoms with Gasteiger partial charge in [0.15, 0.2) is 0 Å². The van der Waals surface area contributed by atoms with Crippen LogP contribution in [0.15, 0.2) is 18.5 Å². The zero-order valence-electron chi connectivity index (χ0n) is 10.5. The molecule has 1 unspecified atom stereocenters. The van der Waals surface area contributed by atoms with Gasteiger partial charge in [-0.15, -0.1) is 0 Å². The standard InChI is InChI=1S/C14H25N/c1-4-6-8-13(3)15-11-10-14(12-15)9-7-5-2/h10-13H,4-9H2,1-3H3. The van der Waals surface area contributed by atoms with Gasteiger partial charge < -0.3 is 4.57 Å². The van der Waals surface area contributed by atoms with Crippen molar-refractivity contribution in [3.8, 4) is 0 Å². The third-order valence-corrected chi connectivity index (χ3v) is 3.08. The summed E-state index contributed by atoms with van der Waals surface area (Å²) in [4.78, 5) is 0. The topological polar surface area (TPSA) is 4.93 Å². The van der Waals surface area contributed by atoms with E-state index in [-0.39, 0.29) is 0 Å². The first kappa shape index (κ1) is 12.4. The maximum Gasteiger partial charge on any atom is 0.0302 e. The Morgan fingerprint density at radius 3 is 2.60 bits per heavy atom. The van der Waals surface area contributed by atoms with Crippen LogP contribution < -0.4 is 0 Å². The Hall–Kier alpha value is -0.720. The number of aryl methyl sites for hydroxylation is 1. The highest BCUT2D eigenvalue weighted by Crippen LogP contribution is 2.16. The minimum atomic E-state index is 0.667. The molecule has 15 heavy (non-hydrogen) atoms. The third kappa shape index (κ3) is 4.11. The largest absolute Gasteiger partial charge is 0.351 e. The molecule has 0 saturated carbocycles. The van der Waals surface area contributed by atoms with Crippen LogP contribution in [0.1, 0.15) is 64.5 Å². The van der Waals surface area contributed by atoms with E-state index in [1.165, 1.54) is 44.1 Å². The van der Waals surface area contributed by atoms with Crippen molar-refractivity contribution < 1.29 is 0 Å². The summed E-state index contributed by atoms with van der Waals surface area (Å²) in [6.07, 6.45) is 12.4. The van der Waals surface area contributed by atoms with Gasteiger partial charge in [0.05, 0.1) is 0 Å². The van der Waals surface area contributed by atoms with Gasteiger partial charge in [0.2, 0.25) is 0 Å². The number of aromatic nitrogens is 1. The Kier molecular flexibility index (Phi) is 5.52. The molecule has 0 radical (unpaired) electrons. The highest BCUT2D eigenvalue weighted by Gasteiger charge is 2.04. The first-order valence-electron chi connectivity index (χ1n) is 6.44. The first-order valence-corrected chi connectivity index (χ1v) is 6.44. The molecule has 0 aliphatic heterocycles.